The van der Waals surface area contributed by atoms with Crippen molar-refractivity contribution in [2.45, 2.75) is 63.3 Å². The standard InChI is InChI=1S/C20H31N3O3/c1-2-22-20(24)23-13-7-10-16(21)17(23)14-25-18-11-6-12-19(18)26-15-8-4-3-5-9-15/h3-5,8-9,16-19H,2,6-7,10-14,21H2,1H3,(H,22,24)/t16-,17-,18-,19-/m0/s1. The Morgan fingerprint density at radius 3 is 2.73 bits per heavy atom. The minimum atomic E-state index is -0.0757. The Morgan fingerprint density at radius 1 is 1.19 bits per heavy atom. The van der Waals surface area contributed by atoms with E-state index in [9.17, 15) is 4.79 Å². The van der Waals surface area contributed by atoms with Crippen LogP contribution in [-0.2, 0) is 4.74 Å². The first-order valence-electron chi connectivity index (χ1n) is 9.82. The zero-order valence-electron chi connectivity index (χ0n) is 15.6. The maximum atomic E-state index is 12.3. The fourth-order valence-corrected chi connectivity index (χ4v) is 3.92. The average molecular weight is 361 g/mol. The number of carbonyl (C=O) groups is 1. The first kappa shape index (κ1) is 19.0. The molecule has 2 amide bonds. The number of benzene rings is 1. The molecule has 0 bridgehead atoms. The Balaban J connectivity index is 1.57. The quantitative estimate of drug-likeness (QED) is 0.816. The summed E-state index contributed by atoms with van der Waals surface area (Å²) in [6, 6.07) is 9.73. The van der Waals surface area contributed by atoms with Crippen LogP contribution in [0.15, 0.2) is 30.3 Å². The summed E-state index contributed by atoms with van der Waals surface area (Å²) >= 11 is 0. The summed E-state index contributed by atoms with van der Waals surface area (Å²) in [5.41, 5.74) is 6.31. The number of hydrogen-bond donors (Lipinski definition) is 2. The lowest BCUT2D eigenvalue weighted by molar-refractivity contribution is -0.0366. The lowest BCUT2D eigenvalue weighted by Crippen LogP contribution is -2.59. The molecule has 0 radical (unpaired) electrons. The summed E-state index contributed by atoms with van der Waals surface area (Å²) < 4.78 is 12.3. The van der Waals surface area contributed by atoms with E-state index in [-0.39, 0.29) is 30.3 Å². The second kappa shape index (κ2) is 9.24. The van der Waals surface area contributed by atoms with Gasteiger partial charge < -0.3 is 25.4 Å². The van der Waals surface area contributed by atoms with Crippen molar-refractivity contribution in [3.05, 3.63) is 30.3 Å². The van der Waals surface area contributed by atoms with E-state index in [1.165, 1.54) is 0 Å². The van der Waals surface area contributed by atoms with Crippen LogP contribution in [0.25, 0.3) is 0 Å². The zero-order valence-corrected chi connectivity index (χ0v) is 15.6. The predicted molar refractivity (Wildman–Crippen MR) is 101 cm³/mol. The van der Waals surface area contributed by atoms with Crippen LogP contribution in [-0.4, -0.2) is 54.9 Å². The van der Waals surface area contributed by atoms with Crippen molar-refractivity contribution in [2.75, 3.05) is 19.7 Å². The van der Waals surface area contributed by atoms with E-state index in [0.29, 0.717) is 13.2 Å². The molecule has 26 heavy (non-hydrogen) atoms. The summed E-state index contributed by atoms with van der Waals surface area (Å²) in [6.45, 7) is 3.75. The molecule has 6 heteroatoms. The lowest BCUT2D eigenvalue weighted by Gasteiger charge is -2.40. The predicted octanol–water partition coefficient (Wildman–Crippen LogP) is 2.52. The summed E-state index contributed by atoms with van der Waals surface area (Å²) in [5, 5.41) is 2.89. The maximum Gasteiger partial charge on any atom is 0.317 e. The third-order valence-corrected chi connectivity index (χ3v) is 5.32. The van der Waals surface area contributed by atoms with E-state index in [4.69, 9.17) is 15.2 Å². The van der Waals surface area contributed by atoms with Crippen molar-refractivity contribution < 1.29 is 14.3 Å². The lowest BCUT2D eigenvalue weighted by atomic mass is 9.98. The Kier molecular flexibility index (Phi) is 6.74. The number of amides is 2. The second-order valence-corrected chi connectivity index (χ2v) is 7.17. The minimum Gasteiger partial charge on any atom is -0.488 e. The highest BCUT2D eigenvalue weighted by molar-refractivity contribution is 5.74. The number of nitrogens with two attached hydrogens (primary N) is 1. The van der Waals surface area contributed by atoms with Gasteiger partial charge in [0, 0.05) is 19.1 Å². The van der Waals surface area contributed by atoms with Gasteiger partial charge in [0.05, 0.1) is 18.8 Å². The van der Waals surface area contributed by atoms with Gasteiger partial charge in [0.15, 0.2) is 0 Å². The number of para-hydroxylation sites is 1. The van der Waals surface area contributed by atoms with Gasteiger partial charge in [-0.05, 0) is 51.2 Å². The molecule has 0 aromatic heterocycles. The maximum absolute atomic E-state index is 12.3. The SMILES string of the molecule is CCNC(=O)N1CCC[C@H](N)[C@@H]1CO[C@H]1CCC[C@@H]1Oc1ccccc1. The molecule has 1 aliphatic heterocycles. The van der Waals surface area contributed by atoms with Gasteiger partial charge in [-0.15, -0.1) is 0 Å². The number of nitrogens with zero attached hydrogens (tertiary/aromatic N) is 1. The number of piperidine rings is 1. The zero-order chi connectivity index (χ0) is 18.4. The summed E-state index contributed by atoms with van der Waals surface area (Å²) in [5.74, 6) is 0.881. The van der Waals surface area contributed by atoms with E-state index in [1.807, 2.05) is 42.2 Å². The van der Waals surface area contributed by atoms with E-state index in [2.05, 4.69) is 5.32 Å². The topological polar surface area (TPSA) is 76.8 Å². The third kappa shape index (κ3) is 4.68. The molecular formula is C20H31N3O3. The number of ether oxygens (including phenoxy) is 2. The van der Waals surface area contributed by atoms with Gasteiger partial charge in [0.2, 0.25) is 0 Å². The summed E-state index contributed by atoms with van der Waals surface area (Å²) in [7, 11) is 0. The molecule has 1 heterocycles. The highest BCUT2D eigenvalue weighted by Crippen LogP contribution is 2.28. The number of likely N-dealkylation sites (tertiary alicyclic amines) is 1. The van der Waals surface area contributed by atoms with Crippen molar-refractivity contribution in [3.63, 3.8) is 0 Å². The second-order valence-electron chi connectivity index (χ2n) is 7.17. The van der Waals surface area contributed by atoms with Crippen LogP contribution in [0, 0.1) is 0 Å². The van der Waals surface area contributed by atoms with E-state index < -0.39 is 0 Å². The molecule has 4 atom stereocenters. The molecule has 2 aliphatic rings. The summed E-state index contributed by atoms with van der Waals surface area (Å²) in [4.78, 5) is 14.2. The van der Waals surface area contributed by atoms with Crippen molar-refractivity contribution in [3.8, 4) is 5.75 Å². The number of urea groups is 1. The molecular weight excluding hydrogens is 330 g/mol. The largest absolute Gasteiger partial charge is 0.488 e. The van der Waals surface area contributed by atoms with Gasteiger partial charge in [-0.2, -0.15) is 0 Å². The van der Waals surface area contributed by atoms with Crippen LogP contribution in [0.4, 0.5) is 4.79 Å². The highest BCUT2D eigenvalue weighted by Gasteiger charge is 2.35. The monoisotopic (exact) mass is 361 g/mol. The normalized spacial score (nSPS) is 28.8. The smallest absolute Gasteiger partial charge is 0.317 e. The fraction of sp³-hybridized carbons (Fsp3) is 0.650. The number of rotatable bonds is 6. The van der Waals surface area contributed by atoms with Crippen LogP contribution in [0.2, 0.25) is 0 Å². The van der Waals surface area contributed by atoms with Crippen molar-refractivity contribution >= 4 is 6.03 Å². The van der Waals surface area contributed by atoms with Gasteiger partial charge in [0.1, 0.15) is 11.9 Å². The fourth-order valence-electron chi connectivity index (χ4n) is 3.92. The molecule has 6 nitrogen and oxygen atoms in total. The molecule has 1 saturated carbocycles. The number of hydrogen-bond acceptors (Lipinski definition) is 4. The highest BCUT2D eigenvalue weighted by atomic mass is 16.5. The average Bonchev–Trinajstić information content (AvgIpc) is 3.08. The van der Waals surface area contributed by atoms with Crippen molar-refractivity contribution in [1.29, 1.82) is 0 Å². The molecule has 2 fully saturated rings. The van der Waals surface area contributed by atoms with E-state index in [1.54, 1.807) is 0 Å². The van der Waals surface area contributed by atoms with Crippen molar-refractivity contribution in [2.24, 2.45) is 5.73 Å². The molecule has 1 aliphatic carbocycles. The Morgan fingerprint density at radius 2 is 1.96 bits per heavy atom. The van der Waals surface area contributed by atoms with E-state index in [0.717, 1.165) is 44.4 Å². The summed E-state index contributed by atoms with van der Waals surface area (Å²) in [6.07, 6.45) is 5.07. The molecule has 1 aromatic rings. The van der Waals surface area contributed by atoms with Crippen LogP contribution >= 0.6 is 0 Å². The van der Waals surface area contributed by atoms with Gasteiger partial charge >= 0.3 is 6.03 Å². The number of nitrogens with one attached hydrogen (secondary N) is 1. The molecule has 0 spiro atoms. The van der Waals surface area contributed by atoms with Gasteiger partial charge in [0.25, 0.3) is 0 Å². The molecule has 144 valence electrons. The molecule has 3 N–H and O–H groups in total. The Hall–Kier alpha value is -1.79. The van der Waals surface area contributed by atoms with Crippen molar-refractivity contribution in [1.82, 2.24) is 10.2 Å². The Labute approximate surface area is 156 Å². The minimum absolute atomic E-state index is 0.0405. The van der Waals surface area contributed by atoms with Crippen LogP contribution in [0.3, 0.4) is 0 Å². The Bertz CT molecular complexity index is 569. The van der Waals surface area contributed by atoms with E-state index >= 15 is 0 Å². The molecule has 3 rings (SSSR count). The first-order chi connectivity index (χ1) is 12.7. The molecule has 0 unspecified atom stereocenters. The van der Waals surface area contributed by atoms with Crippen LogP contribution in [0.5, 0.6) is 5.75 Å². The first-order valence-corrected chi connectivity index (χ1v) is 9.82. The molecule has 1 aromatic carbocycles. The van der Waals surface area contributed by atoms with Gasteiger partial charge in [-0.25, -0.2) is 4.79 Å². The molecule has 1 saturated heterocycles. The van der Waals surface area contributed by atoms with Crippen LogP contribution < -0.4 is 15.8 Å². The van der Waals surface area contributed by atoms with Crippen LogP contribution in [0.1, 0.15) is 39.0 Å². The number of carbonyl (C=O) groups excluding carboxylic acids is 1. The van der Waals surface area contributed by atoms with Gasteiger partial charge in [-0.3, -0.25) is 0 Å². The van der Waals surface area contributed by atoms with Gasteiger partial charge in [-0.1, -0.05) is 18.2 Å². The third-order valence-electron chi connectivity index (χ3n) is 5.32.